The number of nitrogens with one attached hydrogen (secondary N) is 2. The van der Waals surface area contributed by atoms with Crippen LogP contribution in [0.25, 0.3) is 22.1 Å². The summed E-state index contributed by atoms with van der Waals surface area (Å²) in [4.78, 5) is 66.9. The first-order valence-corrected chi connectivity index (χ1v) is 17.2. The molecule has 0 aliphatic rings. The predicted octanol–water partition coefficient (Wildman–Crippen LogP) is 8.64. The summed E-state index contributed by atoms with van der Waals surface area (Å²) in [6, 6.07) is 30.6. The van der Waals surface area contributed by atoms with E-state index < -0.39 is 35.0 Å². The minimum atomic E-state index is -0.724. The van der Waals surface area contributed by atoms with Crippen molar-refractivity contribution >= 4 is 56.8 Å². The molecule has 6 aromatic carbocycles. The summed E-state index contributed by atoms with van der Waals surface area (Å²) >= 11 is 0. The molecule has 0 saturated heterocycles. The second kappa shape index (κ2) is 16.6. The highest BCUT2D eigenvalue weighted by Crippen LogP contribution is 2.22. The number of benzene rings is 6. The Balaban J connectivity index is 0.000000174. The van der Waals surface area contributed by atoms with Crippen LogP contribution in [0.2, 0.25) is 0 Å². The second-order valence-electron chi connectivity index (χ2n) is 12.4. The zero-order valence-electron chi connectivity index (χ0n) is 29.5. The molecule has 0 aliphatic carbocycles. The molecule has 0 saturated carbocycles. The number of carbonyl (C=O) groups excluding carboxylic acids is 4. The molecule has 0 spiro atoms. The molecule has 0 bridgehead atoms. The summed E-state index contributed by atoms with van der Waals surface area (Å²) in [6.07, 6.45) is 6.20. The van der Waals surface area contributed by atoms with Crippen molar-refractivity contribution in [2.75, 3.05) is 10.6 Å². The number of ketones is 2. The zero-order chi connectivity index (χ0) is 39.9. The van der Waals surface area contributed by atoms with Gasteiger partial charge in [-0.1, -0.05) is 24.3 Å². The molecule has 0 fully saturated rings. The lowest BCUT2D eigenvalue weighted by Gasteiger charge is -2.09. The normalized spacial score (nSPS) is 10.6. The number of hydrogen-bond donors (Lipinski definition) is 2. The van der Waals surface area contributed by atoms with E-state index in [1.807, 2.05) is 0 Å². The highest BCUT2D eigenvalue weighted by molar-refractivity contribution is 6.12. The standard InChI is InChI=1S/C22H13F2N3O2.C22H14FN3O2/c23-15-3-1-2-14(10-15)22(29)27-16-5-6-18(24)17(12-16)21(28)13-4-7-19-20(11-13)26-9-8-25-19;23-17-5-1-4-16(11-17)22(28)26-18-6-2-3-14(12-18)21(27)15-7-8-19-20(13-15)25-10-9-24-19/h1-12H,(H,27,29);1-13H,(H,26,28). The van der Waals surface area contributed by atoms with Gasteiger partial charge in [-0.05, 0) is 103 Å². The molecule has 0 aliphatic heterocycles. The van der Waals surface area contributed by atoms with Crippen LogP contribution in [0.4, 0.5) is 24.5 Å². The minimum absolute atomic E-state index is 0.107. The Morgan fingerprint density at radius 3 is 1.40 bits per heavy atom. The summed E-state index contributed by atoms with van der Waals surface area (Å²) in [6.45, 7) is 0. The summed E-state index contributed by atoms with van der Waals surface area (Å²) in [7, 11) is 0. The van der Waals surface area contributed by atoms with Crippen molar-refractivity contribution < 1.29 is 32.3 Å². The molecule has 10 nitrogen and oxygen atoms in total. The third kappa shape index (κ3) is 8.90. The molecule has 8 aromatic rings. The van der Waals surface area contributed by atoms with Crippen molar-refractivity contribution in [3.05, 3.63) is 203 Å². The van der Waals surface area contributed by atoms with E-state index in [1.54, 1.807) is 60.9 Å². The molecule has 0 atom stereocenters. The Bertz CT molecular complexity index is 2850. The van der Waals surface area contributed by atoms with E-state index in [4.69, 9.17) is 0 Å². The SMILES string of the molecule is O=C(Nc1ccc(F)c(C(=O)c2ccc3nccnc3c2)c1)c1cccc(F)c1.O=C(Nc1cccc(C(=O)c2ccc3nccnc3c2)c1)c1cccc(F)c1. The minimum Gasteiger partial charge on any atom is -0.322 e. The summed E-state index contributed by atoms with van der Waals surface area (Å²) < 4.78 is 40.9. The summed E-state index contributed by atoms with van der Waals surface area (Å²) in [5.74, 6) is -3.55. The summed E-state index contributed by atoms with van der Waals surface area (Å²) in [5.41, 5.74) is 4.34. The molecular weight excluding hydrogens is 734 g/mol. The number of carbonyl (C=O) groups is 4. The van der Waals surface area contributed by atoms with Crippen molar-refractivity contribution in [1.29, 1.82) is 0 Å². The van der Waals surface area contributed by atoms with Crippen molar-refractivity contribution in [3.63, 3.8) is 0 Å². The molecule has 2 amide bonds. The number of fused-ring (bicyclic) bond motifs is 2. The Hall–Kier alpha value is -7.93. The van der Waals surface area contributed by atoms with Crippen molar-refractivity contribution in [3.8, 4) is 0 Å². The fourth-order valence-electron chi connectivity index (χ4n) is 5.71. The van der Waals surface area contributed by atoms with E-state index in [2.05, 4.69) is 30.6 Å². The molecule has 2 heterocycles. The number of nitrogens with zero attached hydrogens (tertiary/aromatic N) is 4. The van der Waals surface area contributed by atoms with Crippen LogP contribution < -0.4 is 10.6 Å². The van der Waals surface area contributed by atoms with Gasteiger partial charge in [-0.2, -0.15) is 0 Å². The topological polar surface area (TPSA) is 144 Å². The van der Waals surface area contributed by atoms with Crippen LogP contribution in [0.1, 0.15) is 52.6 Å². The third-order valence-corrected chi connectivity index (χ3v) is 8.49. The van der Waals surface area contributed by atoms with Gasteiger partial charge in [0, 0.05) is 64.0 Å². The third-order valence-electron chi connectivity index (χ3n) is 8.49. The van der Waals surface area contributed by atoms with Crippen molar-refractivity contribution in [2.45, 2.75) is 0 Å². The van der Waals surface area contributed by atoms with Crippen LogP contribution in [-0.4, -0.2) is 43.3 Å². The first-order chi connectivity index (χ1) is 27.6. The van der Waals surface area contributed by atoms with E-state index in [0.29, 0.717) is 38.9 Å². The van der Waals surface area contributed by atoms with Gasteiger partial charge in [0.05, 0.1) is 27.6 Å². The zero-order valence-corrected chi connectivity index (χ0v) is 29.5. The lowest BCUT2D eigenvalue weighted by molar-refractivity contribution is 0.101. The van der Waals surface area contributed by atoms with Crippen LogP contribution in [0, 0.1) is 17.5 Å². The van der Waals surface area contributed by atoms with E-state index in [9.17, 15) is 32.3 Å². The predicted molar refractivity (Wildman–Crippen MR) is 207 cm³/mol. The smallest absolute Gasteiger partial charge is 0.255 e. The fraction of sp³-hybridized carbons (Fsp3) is 0. The number of amides is 2. The molecule has 57 heavy (non-hydrogen) atoms. The number of halogens is 3. The molecule has 2 aromatic heterocycles. The molecule has 13 heteroatoms. The van der Waals surface area contributed by atoms with Gasteiger partial charge in [-0.3, -0.25) is 39.1 Å². The van der Waals surface area contributed by atoms with E-state index >= 15 is 0 Å². The van der Waals surface area contributed by atoms with Crippen LogP contribution in [0.3, 0.4) is 0 Å². The number of rotatable bonds is 8. The largest absolute Gasteiger partial charge is 0.322 e. The average molecular weight is 761 g/mol. The van der Waals surface area contributed by atoms with Gasteiger partial charge in [0.1, 0.15) is 17.5 Å². The highest BCUT2D eigenvalue weighted by Gasteiger charge is 2.18. The van der Waals surface area contributed by atoms with Crippen LogP contribution in [0.15, 0.2) is 152 Å². The number of anilines is 2. The maximum Gasteiger partial charge on any atom is 0.255 e. The van der Waals surface area contributed by atoms with Gasteiger partial charge in [-0.15, -0.1) is 0 Å². The fourth-order valence-corrected chi connectivity index (χ4v) is 5.71. The number of hydrogen-bond acceptors (Lipinski definition) is 8. The van der Waals surface area contributed by atoms with Crippen LogP contribution >= 0.6 is 0 Å². The van der Waals surface area contributed by atoms with Crippen LogP contribution in [0.5, 0.6) is 0 Å². The average Bonchev–Trinajstić information content (AvgIpc) is 3.23. The maximum absolute atomic E-state index is 14.3. The Morgan fingerprint density at radius 2 is 0.860 bits per heavy atom. The van der Waals surface area contributed by atoms with Gasteiger partial charge >= 0.3 is 0 Å². The van der Waals surface area contributed by atoms with E-state index in [-0.39, 0.29) is 33.7 Å². The first kappa shape index (κ1) is 37.4. The molecule has 0 unspecified atom stereocenters. The highest BCUT2D eigenvalue weighted by atomic mass is 19.1. The molecule has 0 radical (unpaired) electrons. The lowest BCUT2D eigenvalue weighted by atomic mass is 10.0. The quantitative estimate of drug-likeness (QED) is 0.147. The molecule has 2 N–H and O–H groups in total. The molecular formula is C44H27F3N6O4. The van der Waals surface area contributed by atoms with Gasteiger partial charge in [0.2, 0.25) is 0 Å². The van der Waals surface area contributed by atoms with Gasteiger partial charge in [-0.25, -0.2) is 13.2 Å². The number of aromatic nitrogens is 4. The van der Waals surface area contributed by atoms with E-state index in [0.717, 1.165) is 18.2 Å². The van der Waals surface area contributed by atoms with Crippen molar-refractivity contribution in [1.82, 2.24) is 19.9 Å². The monoisotopic (exact) mass is 760 g/mol. The maximum atomic E-state index is 14.3. The van der Waals surface area contributed by atoms with Gasteiger partial charge in [0.25, 0.3) is 11.8 Å². The molecule has 278 valence electrons. The first-order valence-electron chi connectivity index (χ1n) is 17.2. The van der Waals surface area contributed by atoms with E-state index in [1.165, 1.54) is 73.1 Å². The Kier molecular flexibility index (Phi) is 10.9. The Labute approximate surface area is 322 Å². The van der Waals surface area contributed by atoms with Gasteiger partial charge in [0.15, 0.2) is 11.6 Å². The lowest BCUT2D eigenvalue weighted by Crippen LogP contribution is -2.13. The van der Waals surface area contributed by atoms with Crippen molar-refractivity contribution in [2.24, 2.45) is 0 Å². The van der Waals surface area contributed by atoms with Gasteiger partial charge < -0.3 is 10.6 Å². The molecule has 8 rings (SSSR count). The Morgan fingerprint density at radius 1 is 0.404 bits per heavy atom. The van der Waals surface area contributed by atoms with Crippen LogP contribution in [-0.2, 0) is 0 Å². The second-order valence-corrected chi connectivity index (χ2v) is 12.4. The summed E-state index contributed by atoms with van der Waals surface area (Å²) in [5, 5.41) is 5.22.